The number of anilines is 1. The lowest BCUT2D eigenvalue weighted by molar-refractivity contribution is 0.0955. The van der Waals surface area contributed by atoms with Crippen LogP contribution in [0.1, 0.15) is 16.1 Å². The number of hydrogen-bond acceptors (Lipinski definition) is 3. The molecule has 3 rings (SSSR count). The van der Waals surface area contributed by atoms with Crippen molar-refractivity contribution >= 4 is 33.7 Å². The molecule has 0 bridgehead atoms. The summed E-state index contributed by atoms with van der Waals surface area (Å²) in [4.78, 5) is 14.2. The molecule has 1 N–H and O–H groups in total. The number of benzene rings is 2. The fraction of sp³-hybridized carbons (Fsp3) is 0.100. The van der Waals surface area contributed by atoms with Crippen LogP contribution in [0.4, 0.5) is 5.69 Å². The number of hydrazone groups is 1. The quantitative estimate of drug-likeness (QED) is 0.508. The van der Waals surface area contributed by atoms with Crippen LogP contribution in [0.3, 0.4) is 0 Å². The first-order valence-electron chi connectivity index (χ1n) is 8.09. The molecule has 0 saturated carbocycles. The van der Waals surface area contributed by atoms with Crippen molar-refractivity contribution in [2.75, 3.05) is 19.0 Å². The van der Waals surface area contributed by atoms with Gasteiger partial charge in [-0.1, -0.05) is 22.0 Å². The number of aromatic nitrogens is 1. The van der Waals surface area contributed by atoms with Crippen LogP contribution in [-0.4, -0.2) is 30.8 Å². The highest BCUT2D eigenvalue weighted by Crippen LogP contribution is 2.16. The smallest absolute Gasteiger partial charge is 0.271 e. The Morgan fingerprint density at radius 2 is 1.88 bits per heavy atom. The first-order chi connectivity index (χ1) is 12.5. The van der Waals surface area contributed by atoms with E-state index in [4.69, 9.17) is 0 Å². The normalized spacial score (nSPS) is 10.9. The van der Waals surface area contributed by atoms with Gasteiger partial charge in [0.1, 0.15) is 0 Å². The maximum Gasteiger partial charge on any atom is 0.271 e. The summed E-state index contributed by atoms with van der Waals surface area (Å²) >= 11 is 3.44. The lowest BCUT2D eigenvalue weighted by Crippen LogP contribution is -2.18. The molecule has 2 aromatic carbocycles. The predicted molar refractivity (Wildman–Crippen MR) is 109 cm³/mol. The number of rotatable bonds is 5. The highest BCUT2D eigenvalue weighted by atomic mass is 79.9. The van der Waals surface area contributed by atoms with Crippen LogP contribution < -0.4 is 10.3 Å². The maximum atomic E-state index is 12.3. The van der Waals surface area contributed by atoms with Gasteiger partial charge >= 0.3 is 0 Å². The summed E-state index contributed by atoms with van der Waals surface area (Å²) in [6.45, 7) is 0. The Morgan fingerprint density at radius 1 is 1.12 bits per heavy atom. The highest BCUT2D eigenvalue weighted by Gasteiger charge is 2.06. The Bertz CT molecular complexity index is 929. The summed E-state index contributed by atoms with van der Waals surface area (Å²) in [5, 5.41) is 4.10. The minimum Gasteiger partial charge on any atom is -0.378 e. The zero-order valence-corrected chi connectivity index (χ0v) is 16.1. The third-order valence-electron chi connectivity index (χ3n) is 3.87. The molecule has 0 aliphatic carbocycles. The Balaban J connectivity index is 1.72. The largest absolute Gasteiger partial charge is 0.378 e. The van der Waals surface area contributed by atoms with Gasteiger partial charge in [0.15, 0.2) is 0 Å². The van der Waals surface area contributed by atoms with Crippen molar-refractivity contribution in [3.05, 3.63) is 82.6 Å². The van der Waals surface area contributed by atoms with Gasteiger partial charge in [-0.05, 0) is 54.6 Å². The molecule has 26 heavy (non-hydrogen) atoms. The van der Waals surface area contributed by atoms with Crippen molar-refractivity contribution in [2.45, 2.75) is 0 Å². The van der Waals surface area contributed by atoms with Gasteiger partial charge < -0.3 is 9.47 Å². The van der Waals surface area contributed by atoms with Crippen LogP contribution in [0, 0.1) is 0 Å². The maximum absolute atomic E-state index is 12.3. The topological polar surface area (TPSA) is 49.6 Å². The second kappa shape index (κ2) is 8.01. The minimum atomic E-state index is -0.244. The molecule has 0 unspecified atom stereocenters. The molecule has 0 aliphatic rings. The van der Waals surface area contributed by atoms with Crippen molar-refractivity contribution in [1.82, 2.24) is 9.99 Å². The molecule has 3 aromatic rings. The molecule has 132 valence electrons. The average molecular weight is 411 g/mol. The summed E-state index contributed by atoms with van der Waals surface area (Å²) in [7, 11) is 3.87. The number of carbonyl (C=O) groups excluding carboxylic acids is 1. The van der Waals surface area contributed by atoms with Crippen LogP contribution in [0.15, 0.2) is 76.4 Å². The predicted octanol–water partition coefficient (Wildman–Crippen LogP) is 4.07. The first kappa shape index (κ1) is 17.9. The summed E-state index contributed by atoms with van der Waals surface area (Å²) < 4.78 is 3.02. The van der Waals surface area contributed by atoms with E-state index in [1.807, 2.05) is 84.4 Å². The van der Waals surface area contributed by atoms with Gasteiger partial charge in [0.2, 0.25) is 0 Å². The molecule has 0 radical (unpaired) electrons. The minimum absolute atomic E-state index is 0.244. The van der Waals surface area contributed by atoms with Crippen LogP contribution in [-0.2, 0) is 0 Å². The van der Waals surface area contributed by atoms with E-state index >= 15 is 0 Å². The molecule has 1 heterocycles. The number of hydrogen-bond donors (Lipinski definition) is 1. The standard InChI is InChI=1S/C20H19BrN4O/c1-24(2)18-6-3-5-15(13-18)20(26)23-22-14-19-7-4-12-25(19)17-10-8-16(21)9-11-17/h3-14H,1-2H3,(H,23,26)/b22-14-. The number of nitrogens with zero attached hydrogens (tertiary/aromatic N) is 3. The molecule has 0 atom stereocenters. The van der Waals surface area contributed by atoms with E-state index in [1.54, 1.807) is 12.3 Å². The van der Waals surface area contributed by atoms with Crippen LogP contribution >= 0.6 is 15.9 Å². The van der Waals surface area contributed by atoms with Crippen molar-refractivity contribution < 1.29 is 4.79 Å². The van der Waals surface area contributed by atoms with Gasteiger partial charge in [0.05, 0.1) is 11.9 Å². The van der Waals surface area contributed by atoms with E-state index in [0.29, 0.717) is 5.56 Å². The third-order valence-corrected chi connectivity index (χ3v) is 4.40. The number of carbonyl (C=O) groups is 1. The fourth-order valence-corrected chi connectivity index (χ4v) is 2.75. The van der Waals surface area contributed by atoms with Gasteiger partial charge in [-0.3, -0.25) is 4.79 Å². The van der Waals surface area contributed by atoms with Gasteiger partial charge in [-0.15, -0.1) is 0 Å². The van der Waals surface area contributed by atoms with E-state index in [1.165, 1.54) is 0 Å². The van der Waals surface area contributed by atoms with Crippen LogP contribution in [0.5, 0.6) is 0 Å². The molecule has 0 aliphatic heterocycles. The second-order valence-electron chi connectivity index (χ2n) is 5.92. The molecule has 1 amide bonds. The summed E-state index contributed by atoms with van der Waals surface area (Å²) in [5.74, 6) is -0.244. The molecule has 6 heteroatoms. The fourth-order valence-electron chi connectivity index (χ4n) is 2.48. The van der Waals surface area contributed by atoms with Gasteiger partial charge in [-0.25, -0.2) is 5.43 Å². The Labute approximate surface area is 161 Å². The highest BCUT2D eigenvalue weighted by molar-refractivity contribution is 9.10. The SMILES string of the molecule is CN(C)c1cccc(C(=O)N/N=C\c2cccn2-c2ccc(Br)cc2)c1. The molecule has 1 aromatic heterocycles. The summed E-state index contributed by atoms with van der Waals surface area (Å²) in [6, 6.07) is 19.2. The molecule has 5 nitrogen and oxygen atoms in total. The van der Waals surface area contributed by atoms with Gasteiger partial charge in [-0.2, -0.15) is 5.10 Å². The molecular weight excluding hydrogens is 392 g/mol. The zero-order chi connectivity index (χ0) is 18.5. The average Bonchev–Trinajstić information content (AvgIpc) is 3.11. The van der Waals surface area contributed by atoms with E-state index in [-0.39, 0.29) is 5.91 Å². The molecule has 0 spiro atoms. The third kappa shape index (κ3) is 4.21. The van der Waals surface area contributed by atoms with Crippen molar-refractivity contribution in [3.8, 4) is 5.69 Å². The van der Waals surface area contributed by atoms with E-state index in [9.17, 15) is 4.79 Å². The number of nitrogens with one attached hydrogen (secondary N) is 1. The van der Waals surface area contributed by atoms with Gasteiger partial charge in [0, 0.05) is 41.7 Å². The lowest BCUT2D eigenvalue weighted by atomic mass is 10.2. The van der Waals surface area contributed by atoms with Crippen molar-refractivity contribution in [2.24, 2.45) is 5.10 Å². The number of amides is 1. The van der Waals surface area contributed by atoms with Gasteiger partial charge in [0.25, 0.3) is 5.91 Å². The second-order valence-corrected chi connectivity index (χ2v) is 6.84. The first-order valence-corrected chi connectivity index (χ1v) is 8.88. The van der Waals surface area contributed by atoms with E-state index < -0.39 is 0 Å². The van der Waals surface area contributed by atoms with Crippen LogP contribution in [0.25, 0.3) is 5.69 Å². The van der Waals surface area contributed by atoms with E-state index in [2.05, 4.69) is 26.5 Å². The molecule has 0 saturated heterocycles. The Morgan fingerprint density at radius 3 is 2.62 bits per heavy atom. The molecular formula is C20H19BrN4O. The number of halogens is 1. The lowest BCUT2D eigenvalue weighted by Gasteiger charge is -2.12. The van der Waals surface area contributed by atoms with E-state index in [0.717, 1.165) is 21.5 Å². The van der Waals surface area contributed by atoms with Crippen LogP contribution in [0.2, 0.25) is 0 Å². The monoisotopic (exact) mass is 410 g/mol. The zero-order valence-electron chi connectivity index (χ0n) is 14.6. The summed E-state index contributed by atoms with van der Waals surface area (Å²) in [5.41, 5.74) is 6.00. The summed E-state index contributed by atoms with van der Waals surface area (Å²) in [6.07, 6.45) is 3.59. The van der Waals surface area contributed by atoms with Crippen molar-refractivity contribution in [1.29, 1.82) is 0 Å². The Hall–Kier alpha value is -2.86. The van der Waals surface area contributed by atoms with Crippen molar-refractivity contribution in [3.63, 3.8) is 0 Å². The molecule has 0 fully saturated rings. The Kier molecular flexibility index (Phi) is 5.53.